The molecule has 1 N–H and O–H groups in total. The molecule has 65 heavy (non-hydrogen) atoms. The molecule has 6 aromatic rings. The van der Waals surface area contributed by atoms with Gasteiger partial charge in [-0.15, -0.1) is 11.8 Å². The molecule has 6 rings (SSSR count). The van der Waals surface area contributed by atoms with Crippen molar-refractivity contribution in [3.8, 4) is 22.3 Å². The molecular formula is C45H34F8O7S5. The number of benzene rings is 6. The molecule has 0 heterocycles. The summed E-state index contributed by atoms with van der Waals surface area (Å²) in [7, 11) is -7.82. The van der Waals surface area contributed by atoms with Crippen LogP contribution in [0.4, 0.5) is 35.1 Å². The van der Waals surface area contributed by atoms with Gasteiger partial charge in [0.25, 0.3) is 20.2 Å². The maximum atomic E-state index is 15.5. The third-order valence-electron chi connectivity index (χ3n) is 10.2. The molecule has 0 bridgehead atoms. The SMILES string of the molecule is COS(=O)(=O)c1cc(C(=O)c2ccc(Sc3c(C)cc(-c4cc(C)c(Sc5c(F)c(F)c(-c6c(F)c(F)c(C)c(F)c6F)c(F)c5F)c(C)c4)cc3C)c(CS(=O)(=O)O)c2)ccc1SC. The highest BCUT2D eigenvalue weighted by atomic mass is 32.2. The second-order valence-electron chi connectivity index (χ2n) is 14.7. The highest BCUT2D eigenvalue weighted by Crippen LogP contribution is 2.45. The van der Waals surface area contributed by atoms with Gasteiger partial charge in [0.1, 0.15) is 10.6 Å². The number of carbonyl (C=O) groups excluding carboxylic acids is 1. The van der Waals surface area contributed by atoms with Crippen LogP contribution < -0.4 is 0 Å². The van der Waals surface area contributed by atoms with Crippen molar-refractivity contribution in [3.05, 3.63) is 152 Å². The first-order valence-corrected chi connectivity index (χ1v) is 24.6. The molecule has 0 amide bonds. The van der Waals surface area contributed by atoms with Crippen molar-refractivity contribution in [2.24, 2.45) is 0 Å². The molecular weight excluding hydrogens is 965 g/mol. The third kappa shape index (κ3) is 9.75. The Kier molecular flexibility index (Phi) is 14.5. The highest BCUT2D eigenvalue weighted by molar-refractivity contribution is 8.00. The minimum Gasteiger partial charge on any atom is -0.289 e. The van der Waals surface area contributed by atoms with Crippen molar-refractivity contribution in [3.63, 3.8) is 0 Å². The van der Waals surface area contributed by atoms with Crippen LogP contribution in [0.1, 0.15) is 49.3 Å². The molecule has 20 heteroatoms. The molecule has 0 radical (unpaired) electrons. The van der Waals surface area contributed by atoms with E-state index in [1.54, 1.807) is 58.2 Å². The number of carbonyl (C=O) groups is 1. The number of thioether (sulfide) groups is 1. The van der Waals surface area contributed by atoms with Crippen LogP contribution in [0.3, 0.4) is 0 Å². The smallest absolute Gasteiger partial charge is 0.289 e. The van der Waals surface area contributed by atoms with Gasteiger partial charge in [-0.1, -0.05) is 47.8 Å². The largest absolute Gasteiger partial charge is 0.297 e. The number of ketones is 1. The van der Waals surface area contributed by atoms with Crippen molar-refractivity contribution in [2.75, 3.05) is 13.4 Å². The van der Waals surface area contributed by atoms with Crippen LogP contribution in [0.5, 0.6) is 0 Å². The van der Waals surface area contributed by atoms with Gasteiger partial charge in [0.05, 0.1) is 23.1 Å². The zero-order valence-corrected chi connectivity index (χ0v) is 39.0. The molecule has 342 valence electrons. The minimum absolute atomic E-state index is 0.0148. The third-order valence-corrected chi connectivity index (χ3v) is 16.0. The summed E-state index contributed by atoms with van der Waals surface area (Å²) >= 11 is 2.57. The zero-order chi connectivity index (χ0) is 48.2. The van der Waals surface area contributed by atoms with E-state index in [4.69, 9.17) is 0 Å². The lowest BCUT2D eigenvalue weighted by Crippen LogP contribution is -2.09. The summed E-state index contributed by atoms with van der Waals surface area (Å²) in [5, 5.41) is 0. The summed E-state index contributed by atoms with van der Waals surface area (Å²) in [6, 6.07) is 15.2. The second kappa shape index (κ2) is 18.9. The summed E-state index contributed by atoms with van der Waals surface area (Å²) in [6.45, 7) is 7.35. The molecule has 0 aliphatic heterocycles. The summed E-state index contributed by atoms with van der Waals surface area (Å²) in [6.07, 6.45) is 1.65. The Morgan fingerprint density at radius 2 is 0.985 bits per heavy atom. The molecule has 0 saturated carbocycles. The molecule has 0 fully saturated rings. The fraction of sp³-hybridized carbons (Fsp3) is 0.178. The standard InChI is InChI=1S/C45H34F8O7S5/c1-19-12-26(27-14-21(3)44(22(4)15-27)63-45-40(52)38(50)33(39(51)41(45)53)32-36(48)34(46)23(5)35(47)37(32)49)13-20(2)43(19)62-29-10-8-24(16-28(29)18-64(55,56)57)42(54)25-9-11-30(61-7)31(17-25)65(58,59)60-6/h8-17H,18H2,1-7H3,(H,55,56,57). The van der Waals surface area contributed by atoms with E-state index in [0.29, 0.717) is 55.0 Å². The van der Waals surface area contributed by atoms with Crippen molar-refractivity contribution in [2.45, 2.75) is 69.7 Å². The highest BCUT2D eigenvalue weighted by Gasteiger charge is 2.34. The molecule has 0 spiro atoms. The first-order valence-electron chi connectivity index (χ1n) is 18.7. The predicted octanol–water partition coefficient (Wildman–Crippen LogP) is 12.7. The Morgan fingerprint density at radius 3 is 1.42 bits per heavy atom. The van der Waals surface area contributed by atoms with Crippen molar-refractivity contribution in [1.82, 2.24) is 0 Å². The molecule has 0 unspecified atom stereocenters. The van der Waals surface area contributed by atoms with Crippen LogP contribution in [0.15, 0.2) is 90.0 Å². The summed E-state index contributed by atoms with van der Waals surface area (Å²) in [5.74, 6) is -18.6. The van der Waals surface area contributed by atoms with E-state index in [1.807, 2.05) is 0 Å². The van der Waals surface area contributed by atoms with Gasteiger partial charge in [0, 0.05) is 36.3 Å². The van der Waals surface area contributed by atoms with E-state index < -0.39 is 99.9 Å². The summed E-state index contributed by atoms with van der Waals surface area (Å²) in [5.41, 5.74) is -1.51. The normalized spacial score (nSPS) is 12.0. The van der Waals surface area contributed by atoms with E-state index in [1.165, 1.54) is 36.4 Å². The van der Waals surface area contributed by atoms with Crippen molar-refractivity contribution < 1.29 is 65.5 Å². The predicted molar refractivity (Wildman–Crippen MR) is 233 cm³/mol. The van der Waals surface area contributed by atoms with Gasteiger partial charge in [0.15, 0.2) is 52.3 Å². The van der Waals surface area contributed by atoms with E-state index in [-0.39, 0.29) is 38.2 Å². The van der Waals surface area contributed by atoms with Crippen LogP contribution in [-0.4, -0.2) is 40.5 Å². The fourth-order valence-electron chi connectivity index (χ4n) is 7.05. The van der Waals surface area contributed by atoms with Crippen LogP contribution >= 0.6 is 35.3 Å². The quantitative estimate of drug-likeness (QED) is 0.0299. The first-order chi connectivity index (χ1) is 30.3. The zero-order valence-electron chi connectivity index (χ0n) is 34.9. The number of halogens is 8. The first kappa shape index (κ1) is 49.7. The number of rotatable bonds is 13. The molecule has 0 aliphatic rings. The van der Waals surface area contributed by atoms with Gasteiger partial charge in [0.2, 0.25) is 0 Å². The molecule has 0 saturated heterocycles. The van der Waals surface area contributed by atoms with Crippen LogP contribution in [0, 0.1) is 81.2 Å². The van der Waals surface area contributed by atoms with Crippen molar-refractivity contribution >= 4 is 61.3 Å². The average molecular weight is 999 g/mol. The molecule has 0 atom stereocenters. The summed E-state index contributed by atoms with van der Waals surface area (Å²) < 4.78 is 184. The van der Waals surface area contributed by atoms with E-state index in [0.717, 1.165) is 30.6 Å². The van der Waals surface area contributed by atoms with E-state index >= 15 is 17.6 Å². The van der Waals surface area contributed by atoms with Gasteiger partial charge in [-0.05, 0) is 116 Å². The molecule has 0 aliphatic carbocycles. The van der Waals surface area contributed by atoms with E-state index in [9.17, 15) is 43.7 Å². The molecule has 6 aromatic carbocycles. The molecule has 0 aromatic heterocycles. The minimum atomic E-state index is -4.62. The Labute approximate surface area is 381 Å². The van der Waals surface area contributed by atoms with Gasteiger partial charge >= 0.3 is 0 Å². The Morgan fingerprint density at radius 1 is 0.569 bits per heavy atom. The van der Waals surface area contributed by atoms with Gasteiger partial charge < -0.3 is 0 Å². The Bertz CT molecular complexity index is 3110. The number of aryl methyl sites for hydroxylation is 4. The maximum Gasteiger partial charge on any atom is 0.297 e. The molecule has 7 nitrogen and oxygen atoms in total. The van der Waals surface area contributed by atoms with Gasteiger partial charge in [-0.3, -0.25) is 13.5 Å². The number of hydrogen-bond acceptors (Lipinski definition) is 9. The number of hydrogen-bond donors (Lipinski definition) is 1. The second-order valence-corrected chi connectivity index (χ2v) is 20.7. The fourth-order valence-corrected chi connectivity index (χ4v) is 11.6. The van der Waals surface area contributed by atoms with Gasteiger partial charge in [-0.25, -0.2) is 35.1 Å². The van der Waals surface area contributed by atoms with Crippen molar-refractivity contribution in [1.29, 1.82) is 0 Å². The topological polar surface area (TPSA) is 115 Å². The lowest BCUT2D eigenvalue weighted by atomic mass is 9.97. The Balaban J connectivity index is 1.32. The van der Waals surface area contributed by atoms with Crippen LogP contribution in [-0.2, 0) is 30.2 Å². The van der Waals surface area contributed by atoms with Crippen LogP contribution in [0.2, 0.25) is 0 Å². The maximum absolute atomic E-state index is 15.5. The van der Waals surface area contributed by atoms with E-state index in [2.05, 4.69) is 4.18 Å². The average Bonchev–Trinajstić information content (AvgIpc) is 3.25. The Hall–Kier alpha value is -4.70. The van der Waals surface area contributed by atoms with Gasteiger partial charge in [-0.2, -0.15) is 16.8 Å². The lowest BCUT2D eigenvalue weighted by Gasteiger charge is -2.18. The summed E-state index contributed by atoms with van der Waals surface area (Å²) in [4.78, 5) is 13.8. The van der Waals surface area contributed by atoms with Crippen LogP contribution in [0.25, 0.3) is 22.3 Å². The lowest BCUT2D eigenvalue weighted by molar-refractivity contribution is 0.103. The monoisotopic (exact) mass is 998 g/mol.